The summed E-state index contributed by atoms with van der Waals surface area (Å²) in [6.45, 7) is 7.34. The Morgan fingerprint density at radius 3 is 2.40 bits per heavy atom. The predicted molar refractivity (Wildman–Crippen MR) is 102 cm³/mol. The lowest BCUT2D eigenvalue weighted by atomic mass is 10.1. The Bertz CT molecular complexity index is 942. The maximum atomic E-state index is 13.0. The molecule has 0 unspecified atom stereocenters. The second-order valence-corrected chi connectivity index (χ2v) is 8.04. The van der Waals surface area contributed by atoms with E-state index in [0.29, 0.717) is 9.79 Å². The van der Waals surface area contributed by atoms with Gasteiger partial charge in [-0.15, -0.1) is 0 Å². The maximum absolute atomic E-state index is 13.0. The van der Waals surface area contributed by atoms with Gasteiger partial charge in [0.15, 0.2) is 0 Å². The van der Waals surface area contributed by atoms with Crippen molar-refractivity contribution in [2.75, 3.05) is 19.6 Å². The standard InChI is InChI=1S/C20H24N2O2S/c1-3-22(4-2)13-12-16-10-11-19-18(14-16)20(15-21-19)25(23,24)17-8-6-5-7-9-17/h5-11,14-15,21H,3-4,12-13H2,1-2H3. The van der Waals surface area contributed by atoms with Crippen molar-refractivity contribution in [1.29, 1.82) is 0 Å². The number of rotatable bonds is 7. The van der Waals surface area contributed by atoms with Gasteiger partial charge < -0.3 is 9.88 Å². The number of nitrogens with one attached hydrogen (secondary N) is 1. The normalized spacial score (nSPS) is 12.1. The summed E-state index contributed by atoms with van der Waals surface area (Å²) in [7, 11) is -3.52. The van der Waals surface area contributed by atoms with Crippen LogP contribution in [-0.4, -0.2) is 37.9 Å². The molecule has 3 rings (SSSR count). The number of benzene rings is 2. The molecule has 0 aliphatic carbocycles. The van der Waals surface area contributed by atoms with Gasteiger partial charge in [0, 0.05) is 23.6 Å². The number of aromatic nitrogens is 1. The van der Waals surface area contributed by atoms with Crippen LogP contribution in [0.3, 0.4) is 0 Å². The van der Waals surface area contributed by atoms with Crippen molar-refractivity contribution in [3.05, 3.63) is 60.3 Å². The summed E-state index contributed by atoms with van der Waals surface area (Å²) in [6.07, 6.45) is 2.51. The van der Waals surface area contributed by atoms with Gasteiger partial charge >= 0.3 is 0 Å². The van der Waals surface area contributed by atoms with E-state index in [9.17, 15) is 8.42 Å². The van der Waals surface area contributed by atoms with Crippen LogP contribution in [0.15, 0.2) is 64.5 Å². The van der Waals surface area contributed by atoms with Crippen molar-refractivity contribution in [3.8, 4) is 0 Å². The number of nitrogens with zero attached hydrogens (tertiary/aromatic N) is 1. The van der Waals surface area contributed by atoms with Gasteiger partial charge in [0.1, 0.15) is 0 Å². The number of sulfone groups is 1. The summed E-state index contributed by atoms with van der Waals surface area (Å²) >= 11 is 0. The fraction of sp³-hybridized carbons (Fsp3) is 0.300. The van der Waals surface area contributed by atoms with Crippen molar-refractivity contribution in [2.45, 2.75) is 30.1 Å². The molecule has 0 radical (unpaired) electrons. The van der Waals surface area contributed by atoms with E-state index in [1.54, 1.807) is 30.5 Å². The van der Waals surface area contributed by atoms with Crippen LogP contribution in [0.25, 0.3) is 10.9 Å². The summed E-state index contributed by atoms with van der Waals surface area (Å²) in [6, 6.07) is 14.6. The molecule has 0 spiro atoms. The number of H-pyrrole nitrogens is 1. The largest absolute Gasteiger partial charge is 0.360 e. The zero-order valence-electron chi connectivity index (χ0n) is 14.7. The fourth-order valence-corrected chi connectivity index (χ4v) is 4.52. The molecule has 0 atom stereocenters. The van der Waals surface area contributed by atoms with Crippen molar-refractivity contribution in [1.82, 2.24) is 9.88 Å². The van der Waals surface area contributed by atoms with Crippen LogP contribution in [0.5, 0.6) is 0 Å². The summed E-state index contributed by atoms with van der Waals surface area (Å²) in [5, 5.41) is 0.765. The first-order chi connectivity index (χ1) is 12.1. The number of fused-ring (bicyclic) bond motifs is 1. The first-order valence-corrected chi connectivity index (χ1v) is 10.2. The lowest BCUT2D eigenvalue weighted by Gasteiger charge is -2.17. The highest BCUT2D eigenvalue weighted by Crippen LogP contribution is 2.29. The molecule has 4 nitrogen and oxygen atoms in total. The zero-order valence-corrected chi connectivity index (χ0v) is 15.5. The lowest BCUT2D eigenvalue weighted by molar-refractivity contribution is 0.308. The maximum Gasteiger partial charge on any atom is 0.208 e. The van der Waals surface area contributed by atoms with Gasteiger partial charge in [-0.1, -0.05) is 38.1 Å². The van der Waals surface area contributed by atoms with Crippen molar-refractivity contribution < 1.29 is 8.42 Å². The fourth-order valence-electron chi connectivity index (χ4n) is 3.07. The van der Waals surface area contributed by atoms with Crippen molar-refractivity contribution in [2.24, 2.45) is 0 Å². The van der Waals surface area contributed by atoms with Crippen LogP contribution >= 0.6 is 0 Å². The van der Waals surface area contributed by atoms with Gasteiger partial charge in [0.25, 0.3) is 0 Å². The van der Waals surface area contributed by atoms with Crippen LogP contribution in [0.4, 0.5) is 0 Å². The third-order valence-electron chi connectivity index (χ3n) is 4.66. The van der Waals surface area contributed by atoms with Crippen molar-refractivity contribution in [3.63, 3.8) is 0 Å². The quantitative estimate of drug-likeness (QED) is 0.699. The highest BCUT2D eigenvalue weighted by molar-refractivity contribution is 7.91. The van der Waals surface area contributed by atoms with Gasteiger partial charge in [-0.25, -0.2) is 8.42 Å². The van der Waals surface area contributed by atoms with E-state index in [1.165, 1.54) is 0 Å². The van der Waals surface area contributed by atoms with Crippen LogP contribution in [0.1, 0.15) is 19.4 Å². The summed E-state index contributed by atoms with van der Waals surface area (Å²) in [4.78, 5) is 6.12. The molecule has 1 aromatic heterocycles. The van der Waals surface area contributed by atoms with Gasteiger partial charge in [0.2, 0.25) is 9.84 Å². The van der Waals surface area contributed by atoms with Crippen molar-refractivity contribution >= 4 is 20.7 Å². The van der Waals surface area contributed by atoms with E-state index in [0.717, 1.165) is 42.5 Å². The van der Waals surface area contributed by atoms with Gasteiger partial charge in [0.05, 0.1) is 9.79 Å². The zero-order chi connectivity index (χ0) is 17.9. The Hall–Kier alpha value is -2.11. The molecular formula is C20H24N2O2S. The summed E-state index contributed by atoms with van der Waals surface area (Å²) in [5.74, 6) is 0. The molecule has 25 heavy (non-hydrogen) atoms. The second-order valence-electron chi connectivity index (χ2n) is 6.13. The van der Waals surface area contributed by atoms with Gasteiger partial charge in [-0.3, -0.25) is 0 Å². The Balaban J connectivity index is 1.96. The molecule has 2 aromatic carbocycles. The highest BCUT2D eigenvalue weighted by atomic mass is 32.2. The Kier molecular flexibility index (Phi) is 5.25. The van der Waals surface area contributed by atoms with E-state index >= 15 is 0 Å². The van der Waals surface area contributed by atoms with E-state index in [4.69, 9.17) is 0 Å². The van der Waals surface area contributed by atoms with Crippen LogP contribution in [0, 0.1) is 0 Å². The first-order valence-electron chi connectivity index (χ1n) is 8.68. The number of hydrogen-bond acceptors (Lipinski definition) is 3. The van der Waals surface area contributed by atoms with Crippen LogP contribution in [-0.2, 0) is 16.3 Å². The molecule has 0 aliphatic rings. The molecule has 0 saturated carbocycles. The van der Waals surface area contributed by atoms with Gasteiger partial charge in [-0.05, 0) is 49.3 Å². The molecule has 132 valence electrons. The third kappa shape index (κ3) is 3.62. The molecule has 0 amide bonds. The molecule has 1 N–H and O–H groups in total. The highest BCUT2D eigenvalue weighted by Gasteiger charge is 2.21. The Morgan fingerprint density at radius 1 is 1.00 bits per heavy atom. The number of aromatic amines is 1. The number of likely N-dealkylation sites (N-methyl/N-ethyl adjacent to an activating group) is 1. The lowest BCUT2D eigenvalue weighted by Crippen LogP contribution is -2.25. The molecule has 0 fully saturated rings. The molecule has 0 saturated heterocycles. The molecule has 0 aliphatic heterocycles. The Labute approximate surface area is 149 Å². The topological polar surface area (TPSA) is 53.2 Å². The second kappa shape index (κ2) is 7.42. The predicted octanol–water partition coefficient (Wildman–Crippen LogP) is 3.89. The Morgan fingerprint density at radius 2 is 1.72 bits per heavy atom. The summed E-state index contributed by atoms with van der Waals surface area (Å²) in [5.41, 5.74) is 2.00. The molecule has 0 bridgehead atoms. The van der Waals surface area contributed by atoms with E-state index in [-0.39, 0.29) is 0 Å². The van der Waals surface area contributed by atoms with E-state index in [2.05, 4.69) is 29.8 Å². The first kappa shape index (κ1) is 17.7. The minimum atomic E-state index is -3.52. The monoisotopic (exact) mass is 356 g/mol. The minimum Gasteiger partial charge on any atom is -0.360 e. The molecular weight excluding hydrogens is 332 g/mol. The van der Waals surface area contributed by atoms with E-state index in [1.807, 2.05) is 18.2 Å². The molecule has 5 heteroatoms. The SMILES string of the molecule is CCN(CC)CCc1ccc2[nH]cc(S(=O)(=O)c3ccccc3)c2c1. The third-order valence-corrected chi connectivity index (χ3v) is 6.47. The van der Waals surface area contributed by atoms with Crippen LogP contribution < -0.4 is 0 Å². The van der Waals surface area contributed by atoms with E-state index < -0.39 is 9.84 Å². The smallest absolute Gasteiger partial charge is 0.208 e. The average Bonchev–Trinajstić information content (AvgIpc) is 3.07. The summed E-state index contributed by atoms with van der Waals surface area (Å²) < 4.78 is 25.9. The molecule has 3 aromatic rings. The minimum absolute atomic E-state index is 0.324. The van der Waals surface area contributed by atoms with Gasteiger partial charge in [-0.2, -0.15) is 0 Å². The average molecular weight is 356 g/mol. The molecule has 1 heterocycles. The van der Waals surface area contributed by atoms with Crippen LogP contribution in [0.2, 0.25) is 0 Å². The number of hydrogen-bond donors (Lipinski definition) is 1.